The maximum atomic E-state index is 12.1. The van der Waals surface area contributed by atoms with E-state index in [-0.39, 0.29) is 12.4 Å². The molecule has 0 saturated heterocycles. The molecule has 1 heterocycles. The molecule has 0 bridgehead atoms. The van der Waals surface area contributed by atoms with Gasteiger partial charge in [0.25, 0.3) is 0 Å². The molecule has 1 aromatic heterocycles. The number of rotatable bonds is 6. The first-order chi connectivity index (χ1) is 11.7. The van der Waals surface area contributed by atoms with Gasteiger partial charge in [0.05, 0.1) is 6.61 Å². The molecule has 24 heavy (non-hydrogen) atoms. The Hall–Kier alpha value is -2.92. The zero-order chi connectivity index (χ0) is 16.9. The zero-order valence-corrected chi connectivity index (χ0v) is 13.2. The van der Waals surface area contributed by atoms with Gasteiger partial charge in [-0.3, -0.25) is 4.79 Å². The van der Waals surface area contributed by atoms with Crippen molar-refractivity contribution in [1.82, 2.24) is 0 Å². The summed E-state index contributed by atoms with van der Waals surface area (Å²) in [4.78, 5) is 23.7. The lowest BCUT2D eigenvalue weighted by Crippen LogP contribution is -2.11. The molecule has 0 radical (unpaired) electrons. The number of methoxy groups -OCH3 is 1. The van der Waals surface area contributed by atoms with Crippen LogP contribution < -0.4 is 10.4 Å². The topological polar surface area (TPSA) is 65.7 Å². The molecule has 0 amide bonds. The van der Waals surface area contributed by atoms with Crippen LogP contribution in [0.4, 0.5) is 0 Å². The van der Waals surface area contributed by atoms with Crippen LogP contribution in [0.3, 0.4) is 0 Å². The van der Waals surface area contributed by atoms with Crippen LogP contribution in [-0.4, -0.2) is 19.5 Å². The van der Waals surface area contributed by atoms with Crippen LogP contribution in [0.25, 0.3) is 11.0 Å². The highest BCUT2D eigenvalue weighted by Crippen LogP contribution is 2.23. The van der Waals surface area contributed by atoms with Gasteiger partial charge >= 0.3 is 5.63 Å². The third-order valence-electron chi connectivity index (χ3n) is 3.57. The summed E-state index contributed by atoms with van der Waals surface area (Å²) in [6.07, 6.45) is 0. The van der Waals surface area contributed by atoms with Crippen LogP contribution in [0.5, 0.6) is 5.75 Å². The highest BCUT2D eigenvalue weighted by Gasteiger charge is 2.09. The minimum atomic E-state index is -0.452. The average molecular weight is 324 g/mol. The first-order valence-corrected chi connectivity index (χ1v) is 7.44. The third-order valence-corrected chi connectivity index (χ3v) is 3.57. The van der Waals surface area contributed by atoms with E-state index in [1.165, 1.54) is 6.07 Å². The molecular formula is C19H16O5. The molecule has 3 aromatic rings. The number of Topliss-reactive ketones (excluding diaryl/α,β-unsaturated/α-hetero) is 1. The highest BCUT2D eigenvalue weighted by molar-refractivity contribution is 5.97. The number of benzene rings is 2. The summed E-state index contributed by atoms with van der Waals surface area (Å²) in [5, 5.41) is 0.776. The van der Waals surface area contributed by atoms with Gasteiger partial charge in [-0.1, -0.05) is 30.3 Å². The molecule has 0 aliphatic carbocycles. The predicted octanol–water partition coefficient (Wildman–Crippen LogP) is 3.20. The lowest BCUT2D eigenvalue weighted by atomic mass is 10.1. The fourth-order valence-corrected chi connectivity index (χ4v) is 2.43. The molecule has 0 unspecified atom stereocenters. The standard InChI is InChI=1S/C19H16O5/c1-22-11-14-9-19(21)24-18-10-15(7-8-16(14)18)23-12-17(20)13-5-3-2-4-6-13/h2-10H,11-12H2,1H3. The van der Waals surface area contributed by atoms with E-state index in [4.69, 9.17) is 13.9 Å². The van der Waals surface area contributed by atoms with Crippen molar-refractivity contribution >= 4 is 16.8 Å². The van der Waals surface area contributed by atoms with Crippen molar-refractivity contribution in [2.75, 3.05) is 13.7 Å². The minimum Gasteiger partial charge on any atom is -0.485 e. The van der Waals surface area contributed by atoms with Crippen LogP contribution in [0.1, 0.15) is 15.9 Å². The Labute approximate surface area is 138 Å². The van der Waals surface area contributed by atoms with Gasteiger partial charge in [0.2, 0.25) is 0 Å². The van der Waals surface area contributed by atoms with Crippen molar-refractivity contribution < 1.29 is 18.7 Å². The van der Waals surface area contributed by atoms with E-state index in [0.717, 1.165) is 10.9 Å². The van der Waals surface area contributed by atoms with Crippen LogP contribution in [-0.2, 0) is 11.3 Å². The summed E-state index contributed by atoms with van der Waals surface area (Å²) in [7, 11) is 1.56. The second-order valence-corrected chi connectivity index (χ2v) is 5.26. The predicted molar refractivity (Wildman–Crippen MR) is 89.5 cm³/mol. The molecule has 0 fully saturated rings. The van der Waals surface area contributed by atoms with Crippen molar-refractivity contribution in [3.05, 3.63) is 76.1 Å². The molecular weight excluding hydrogens is 308 g/mol. The Kier molecular flexibility index (Phi) is 4.72. The molecule has 5 nitrogen and oxygen atoms in total. The number of ketones is 1. The van der Waals surface area contributed by atoms with Gasteiger partial charge in [-0.15, -0.1) is 0 Å². The number of hydrogen-bond acceptors (Lipinski definition) is 5. The van der Waals surface area contributed by atoms with Gasteiger partial charge in [0.15, 0.2) is 12.4 Å². The fraction of sp³-hybridized carbons (Fsp3) is 0.158. The third kappa shape index (κ3) is 3.52. The van der Waals surface area contributed by atoms with Gasteiger partial charge in [0.1, 0.15) is 11.3 Å². The number of carbonyl (C=O) groups is 1. The van der Waals surface area contributed by atoms with Gasteiger partial charge in [-0.2, -0.15) is 0 Å². The lowest BCUT2D eigenvalue weighted by molar-refractivity contribution is 0.0921. The van der Waals surface area contributed by atoms with E-state index in [0.29, 0.717) is 23.5 Å². The average Bonchev–Trinajstić information content (AvgIpc) is 2.60. The van der Waals surface area contributed by atoms with E-state index in [9.17, 15) is 9.59 Å². The lowest BCUT2D eigenvalue weighted by Gasteiger charge is -2.08. The molecule has 0 aliphatic heterocycles. The summed E-state index contributed by atoms with van der Waals surface area (Å²) in [6.45, 7) is 0.228. The largest absolute Gasteiger partial charge is 0.485 e. The smallest absolute Gasteiger partial charge is 0.336 e. The van der Waals surface area contributed by atoms with Crippen molar-refractivity contribution in [2.45, 2.75) is 6.61 Å². The number of fused-ring (bicyclic) bond motifs is 1. The van der Waals surface area contributed by atoms with Crippen LogP contribution >= 0.6 is 0 Å². The number of carbonyl (C=O) groups excluding carboxylic acids is 1. The summed E-state index contributed by atoms with van der Waals surface area (Å²) in [5.74, 6) is 0.342. The molecule has 0 aliphatic rings. The van der Waals surface area contributed by atoms with Crippen molar-refractivity contribution in [2.24, 2.45) is 0 Å². The minimum absolute atomic E-state index is 0.0858. The first kappa shape index (κ1) is 16.0. The highest BCUT2D eigenvalue weighted by atomic mass is 16.5. The Morgan fingerprint density at radius 2 is 1.88 bits per heavy atom. The summed E-state index contributed by atoms with van der Waals surface area (Å²) in [6, 6.07) is 15.5. The Balaban J connectivity index is 1.81. The van der Waals surface area contributed by atoms with Crippen molar-refractivity contribution in [3.63, 3.8) is 0 Å². The van der Waals surface area contributed by atoms with Gasteiger partial charge in [0, 0.05) is 30.2 Å². The van der Waals surface area contributed by atoms with Crippen LogP contribution in [0.15, 0.2) is 63.8 Å². The normalized spacial score (nSPS) is 10.7. The molecule has 0 spiro atoms. The van der Waals surface area contributed by atoms with E-state index in [1.807, 2.05) is 6.07 Å². The molecule has 2 aromatic carbocycles. The molecule has 0 N–H and O–H groups in total. The molecule has 0 saturated carbocycles. The summed E-state index contributed by atoms with van der Waals surface area (Å²) < 4.78 is 15.8. The van der Waals surface area contributed by atoms with Crippen molar-refractivity contribution in [3.8, 4) is 5.75 Å². The second-order valence-electron chi connectivity index (χ2n) is 5.26. The number of ether oxygens (including phenoxy) is 2. The summed E-state index contributed by atoms with van der Waals surface area (Å²) >= 11 is 0. The quantitative estimate of drug-likeness (QED) is 0.514. The Morgan fingerprint density at radius 1 is 1.08 bits per heavy atom. The zero-order valence-electron chi connectivity index (χ0n) is 13.2. The van der Waals surface area contributed by atoms with Crippen molar-refractivity contribution in [1.29, 1.82) is 0 Å². The second kappa shape index (κ2) is 7.10. The maximum Gasteiger partial charge on any atom is 0.336 e. The molecule has 0 atom stereocenters. The van der Waals surface area contributed by atoms with Gasteiger partial charge in [-0.25, -0.2) is 4.79 Å². The molecule has 5 heteroatoms. The van der Waals surface area contributed by atoms with Crippen LogP contribution in [0.2, 0.25) is 0 Å². The first-order valence-electron chi connectivity index (χ1n) is 7.44. The molecule has 3 rings (SSSR count). The van der Waals surface area contributed by atoms with E-state index in [2.05, 4.69) is 0 Å². The van der Waals surface area contributed by atoms with E-state index >= 15 is 0 Å². The summed E-state index contributed by atoms with van der Waals surface area (Å²) in [5.41, 5.74) is 1.29. The van der Waals surface area contributed by atoms with E-state index < -0.39 is 5.63 Å². The van der Waals surface area contributed by atoms with Gasteiger partial charge in [-0.05, 0) is 17.7 Å². The van der Waals surface area contributed by atoms with Gasteiger partial charge < -0.3 is 13.9 Å². The Morgan fingerprint density at radius 3 is 2.62 bits per heavy atom. The number of hydrogen-bond donors (Lipinski definition) is 0. The van der Waals surface area contributed by atoms with E-state index in [1.54, 1.807) is 49.6 Å². The Bertz CT molecular complexity index is 912. The monoisotopic (exact) mass is 324 g/mol. The molecule has 122 valence electrons. The SMILES string of the molecule is COCc1cc(=O)oc2cc(OCC(=O)c3ccccc3)ccc12. The van der Waals surface area contributed by atoms with Crippen LogP contribution in [0, 0.1) is 0 Å². The fourth-order valence-electron chi connectivity index (χ4n) is 2.43. The maximum absolute atomic E-state index is 12.1.